The second-order valence-electron chi connectivity index (χ2n) is 8.29. The molecule has 2 aromatic carbocycles. The highest BCUT2D eigenvalue weighted by Gasteiger charge is 2.40. The number of carbonyl (C=O) groups excluding carboxylic acids is 1. The van der Waals surface area contributed by atoms with Crippen molar-refractivity contribution in [3.8, 4) is 6.07 Å². The van der Waals surface area contributed by atoms with Gasteiger partial charge in [-0.1, -0.05) is 28.1 Å². The molecule has 1 aliphatic rings. The lowest BCUT2D eigenvalue weighted by Crippen LogP contribution is -2.38. The Balaban J connectivity index is 2.01. The third-order valence-corrected chi connectivity index (χ3v) is 6.69. The zero-order valence-electron chi connectivity index (χ0n) is 19.8. The zero-order valence-corrected chi connectivity index (χ0v) is 21.4. The van der Waals surface area contributed by atoms with Crippen LogP contribution in [0.5, 0.6) is 0 Å². The predicted molar refractivity (Wildman–Crippen MR) is 133 cm³/mol. The van der Waals surface area contributed by atoms with E-state index >= 15 is 0 Å². The number of nitrogens with one attached hydrogen (secondary N) is 1. The van der Waals surface area contributed by atoms with Crippen molar-refractivity contribution < 1.29 is 22.7 Å². The summed E-state index contributed by atoms with van der Waals surface area (Å²) in [6, 6.07) is 10.6. The van der Waals surface area contributed by atoms with Crippen molar-refractivity contribution >= 4 is 33.5 Å². The first-order valence-corrected chi connectivity index (χ1v) is 12.3. The molecule has 1 unspecified atom stereocenters. The van der Waals surface area contributed by atoms with Gasteiger partial charge in [-0.05, 0) is 61.2 Å². The van der Waals surface area contributed by atoms with E-state index in [1.807, 2.05) is 0 Å². The van der Waals surface area contributed by atoms with E-state index in [4.69, 9.17) is 4.74 Å². The number of benzene rings is 2. The van der Waals surface area contributed by atoms with E-state index in [1.54, 1.807) is 25.1 Å². The molecule has 0 aliphatic carbocycles. The first-order chi connectivity index (χ1) is 17.6. The van der Waals surface area contributed by atoms with E-state index in [0.29, 0.717) is 29.3 Å². The maximum atomic E-state index is 13.5. The monoisotopic (exact) mass is 575 g/mol. The molecule has 3 aromatic rings. The number of esters is 1. The van der Waals surface area contributed by atoms with Crippen LogP contribution < -0.4 is 10.6 Å². The molecule has 0 saturated carbocycles. The third kappa shape index (κ3) is 4.79. The highest BCUT2D eigenvalue weighted by atomic mass is 79.9. The number of aryl methyl sites for hydroxylation is 1. The number of carbonyl (C=O) groups is 1. The van der Waals surface area contributed by atoms with Gasteiger partial charge in [-0.25, -0.2) is 19.3 Å². The summed E-state index contributed by atoms with van der Waals surface area (Å²) < 4.78 is 46.7. The van der Waals surface area contributed by atoms with Gasteiger partial charge in [0.25, 0.3) is 0 Å². The number of H-pyrrole nitrogens is 1. The molecular formula is C25H21BrF3N5O3. The highest BCUT2D eigenvalue weighted by molar-refractivity contribution is 9.09. The SMILES string of the molecule is COC(=O)C1=C(C)N(c2cccc(C(F)(F)F)c2)c2n[nH]c(=O)n2C1c1ccc(C#N)cc1CCCBr. The molecule has 37 heavy (non-hydrogen) atoms. The number of nitrogens with zero attached hydrogens (tertiary/aromatic N) is 4. The summed E-state index contributed by atoms with van der Waals surface area (Å²) >= 11 is 3.40. The molecule has 0 bridgehead atoms. The standard InChI is InChI=1S/C25H21BrF3N5O3/c1-14-20(22(35)37-2)21(19-9-8-15(13-30)11-16(19)5-4-10-26)34-23(31-32-24(34)36)33(14)18-7-3-6-17(12-18)25(27,28)29/h3,6-9,11-12,21H,4-5,10H2,1-2H3,(H,32,36). The summed E-state index contributed by atoms with van der Waals surface area (Å²) in [5, 5.41) is 16.6. The Kier molecular flexibility index (Phi) is 7.27. The molecule has 1 atom stereocenters. The van der Waals surface area contributed by atoms with E-state index in [9.17, 15) is 28.0 Å². The van der Waals surface area contributed by atoms with Crippen molar-refractivity contribution in [3.05, 3.63) is 86.5 Å². The van der Waals surface area contributed by atoms with Gasteiger partial charge in [0.15, 0.2) is 0 Å². The summed E-state index contributed by atoms with van der Waals surface area (Å²) in [7, 11) is 1.19. The van der Waals surface area contributed by atoms with Gasteiger partial charge >= 0.3 is 17.8 Å². The number of alkyl halides is 4. The van der Waals surface area contributed by atoms with Crippen molar-refractivity contribution in [2.75, 3.05) is 17.3 Å². The lowest BCUT2D eigenvalue weighted by atomic mass is 9.88. The number of anilines is 2. The zero-order chi connectivity index (χ0) is 26.9. The van der Waals surface area contributed by atoms with Gasteiger partial charge < -0.3 is 4.74 Å². The van der Waals surface area contributed by atoms with E-state index in [0.717, 1.165) is 17.7 Å². The first kappa shape index (κ1) is 26.2. The van der Waals surface area contributed by atoms with Crippen LogP contribution in [-0.2, 0) is 22.1 Å². The summed E-state index contributed by atoms with van der Waals surface area (Å²) in [5.41, 5.74) is 0.535. The Morgan fingerprint density at radius 3 is 2.68 bits per heavy atom. The number of allylic oxidation sites excluding steroid dienone is 1. The van der Waals surface area contributed by atoms with Gasteiger partial charge in [0.1, 0.15) is 6.04 Å². The number of hydrogen-bond donors (Lipinski definition) is 1. The van der Waals surface area contributed by atoms with Crippen LogP contribution in [0.4, 0.5) is 24.8 Å². The third-order valence-electron chi connectivity index (χ3n) is 6.13. The second kappa shape index (κ2) is 10.3. The summed E-state index contributed by atoms with van der Waals surface area (Å²) in [6.07, 6.45) is -3.34. The lowest BCUT2D eigenvalue weighted by molar-refractivity contribution is -0.138. The minimum absolute atomic E-state index is 0.00952. The van der Waals surface area contributed by atoms with Crippen LogP contribution in [0.15, 0.2) is 58.5 Å². The maximum absolute atomic E-state index is 13.5. The quantitative estimate of drug-likeness (QED) is 0.328. The van der Waals surface area contributed by atoms with Gasteiger partial charge in [0, 0.05) is 16.7 Å². The van der Waals surface area contributed by atoms with Crippen molar-refractivity contribution in [2.24, 2.45) is 0 Å². The average molecular weight is 576 g/mol. The van der Waals surface area contributed by atoms with Gasteiger partial charge in [0.05, 0.1) is 29.9 Å². The molecule has 0 spiro atoms. The maximum Gasteiger partial charge on any atom is 0.416 e. The van der Waals surface area contributed by atoms with Gasteiger partial charge in [-0.15, -0.1) is 5.10 Å². The Bertz CT molecular complexity index is 1490. The molecule has 0 radical (unpaired) electrons. The second-order valence-corrected chi connectivity index (χ2v) is 9.09. The fourth-order valence-corrected chi connectivity index (χ4v) is 4.77. The van der Waals surface area contributed by atoms with Crippen LogP contribution in [0.3, 0.4) is 0 Å². The number of ether oxygens (including phenoxy) is 1. The van der Waals surface area contributed by atoms with E-state index in [1.165, 1.54) is 28.7 Å². The molecule has 4 rings (SSSR count). The molecule has 2 heterocycles. The van der Waals surface area contributed by atoms with Crippen LogP contribution in [0.25, 0.3) is 0 Å². The van der Waals surface area contributed by atoms with E-state index in [-0.39, 0.29) is 22.9 Å². The van der Waals surface area contributed by atoms with E-state index in [2.05, 4.69) is 32.2 Å². The number of fused-ring (bicyclic) bond motifs is 1. The van der Waals surface area contributed by atoms with Gasteiger partial charge in [-0.2, -0.15) is 18.4 Å². The Morgan fingerprint density at radius 2 is 2.03 bits per heavy atom. The average Bonchev–Trinajstić information content (AvgIpc) is 3.26. The Morgan fingerprint density at radius 1 is 1.27 bits per heavy atom. The molecule has 1 aromatic heterocycles. The van der Waals surface area contributed by atoms with Crippen LogP contribution in [-0.4, -0.2) is 33.2 Å². The minimum Gasteiger partial charge on any atom is -0.466 e. The van der Waals surface area contributed by atoms with Crippen LogP contribution >= 0.6 is 15.9 Å². The Labute approximate surface area is 218 Å². The smallest absolute Gasteiger partial charge is 0.416 e. The number of rotatable bonds is 6. The summed E-state index contributed by atoms with van der Waals surface area (Å²) in [5.74, 6) is -0.746. The van der Waals surface area contributed by atoms with Crippen LogP contribution in [0.1, 0.15) is 41.6 Å². The summed E-state index contributed by atoms with van der Waals surface area (Å²) in [4.78, 5) is 27.5. The van der Waals surface area contributed by atoms with Crippen molar-refractivity contribution in [2.45, 2.75) is 32.0 Å². The molecule has 0 fully saturated rings. The molecule has 1 N–H and O–H groups in total. The summed E-state index contributed by atoms with van der Waals surface area (Å²) in [6.45, 7) is 1.56. The largest absolute Gasteiger partial charge is 0.466 e. The van der Waals surface area contributed by atoms with Crippen molar-refractivity contribution in [1.29, 1.82) is 5.26 Å². The van der Waals surface area contributed by atoms with Gasteiger partial charge in [-0.3, -0.25) is 4.90 Å². The van der Waals surface area contributed by atoms with Crippen molar-refractivity contribution in [3.63, 3.8) is 0 Å². The normalized spacial score (nSPS) is 15.4. The molecule has 192 valence electrons. The molecule has 0 saturated heterocycles. The molecular weight excluding hydrogens is 555 g/mol. The van der Waals surface area contributed by atoms with Crippen LogP contribution in [0.2, 0.25) is 0 Å². The molecule has 1 aliphatic heterocycles. The Hall–Kier alpha value is -3.85. The number of halogens is 4. The number of methoxy groups -OCH3 is 1. The van der Waals surface area contributed by atoms with Crippen molar-refractivity contribution in [1.82, 2.24) is 14.8 Å². The lowest BCUT2D eigenvalue weighted by Gasteiger charge is -2.36. The number of aromatic amines is 1. The minimum atomic E-state index is -4.60. The highest BCUT2D eigenvalue weighted by Crippen LogP contribution is 2.43. The molecule has 8 nitrogen and oxygen atoms in total. The number of aromatic nitrogens is 3. The predicted octanol–water partition coefficient (Wildman–Crippen LogP) is 4.98. The molecule has 0 amide bonds. The van der Waals surface area contributed by atoms with Crippen LogP contribution in [0, 0.1) is 11.3 Å². The molecule has 12 heteroatoms. The number of nitriles is 1. The fraction of sp³-hybridized carbons (Fsp3) is 0.280. The van der Waals surface area contributed by atoms with E-state index < -0.39 is 29.4 Å². The number of hydrogen-bond acceptors (Lipinski definition) is 6. The first-order valence-electron chi connectivity index (χ1n) is 11.1. The van der Waals surface area contributed by atoms with Gasteiger partial charge in [0.2, 0.25) is 5.95 Å². The fourth-order valence-electron chi connectivity index (χ4n) is 4.49. The topological polar surface area (TPSA) is 104 Å².